The summed E-state index contributed by atoms with van der Waals surface area (Å²) < 4.78 is 2.14. The number of hydrogen-bond acceptors (Lipinski definition) is 3. The van der Waals surface area contributed by atoms with Gasteiger partial charge >= 0.3 is 0 Å². The lowest BCUT2D eigenvalue weighted by molar-refractivity contribution is -0.118. The van der Waals surface area contributed by atoms with Crippen LogP contribution in [0.4, 0.5) is 5.69 Å². The van der Waals surface area contributed by atoms with E-state index < -0.39 is 0 Å². The number of aromatic nitrogens is 2. The van der Waals surface area contributed by atoms with E-state index in [4.69, 9.17) is 0 Å². The molecule has 3 aromatic carbocycles. The molecule has 0 fully saturated rings. The molecule has 1 heterocycles. The van der Waals surface area contributed by atoms with Gasteiger partial charge < -0.3 is 4.90 Å². The van der Waals surface area contributed by atoms with E-state index in [0.29, 0.717) is 10.9 Å². The van der Waals surface area contributed by atoms with Crippen LogP contribution in [-0.2, 0) is 11.3 Å². The molecule has 0 aliphatic heterocycles. The molecule has 0 aliphatic carbocycles. The Kier molecular flexibility index (Phi) is 4.49. The van der Waals surface area contributed by atoms with Crippen molar-refractivity contribution in [2.75, 3.05) is 11.9 Å². The lowest BCUT2D eigenvalue weighted by atomic mass is 10.1. The first-order chi connectivity index (χ1) is 13.0. The minimum atomic E-state index is -0.235. The van der Waals surface area contributed by atoms with Gasteiger partial charge in [0.05, 0.1) is 17.2 Å². The maximum absolute atomic E-state index is 12.7. The monoisotopic (exact) mass is 421 g/mol. The van der Waals surface area contributed by atoms with Gasteiger partial charge in [0.2, 0.25) is 5.91 Å². The van der Waals surface area contributed by atoms with E-state index in [1.54, 1.807) is 24.1 Å². The smallest absolute Gasteiger partial charge is 0.261 e. The number of carbonyl (C=O) groups excluding carboxylic acids is 1. The van der Waals surface area contributed by atoms with E-state index in [9.17, 15) is 9.59 Å². The predicted molar refractivity (Wildman–Crippen MR) is 111 cm³/mol. The molecular weight excluding hydrogens is 406 g/mol. The summed E-state index contributed by atoms with van der Waals surface area (Å²) in [4.78, 5) is 31.3. The molecule has 5 nitrogen and oxygen atoms in total. The second-order valence-electron chi connectivity index (χ2n) is 6.32. The summed E-state index contributed by atoms with van der Waals surface area (Å²) in [5.74, 6) is -0.191. The second-order valence-corrected chi connectivity index (χ2v) is 7.24. The summed E-state index contributed by atoms with van der Waals surface area (Å²) in [6.07, 6.45) is 1.42. The normalized spacial score (nSPS) is 11.0. The van der Waals surface area contributed by atoms with Crippen LogP contribution < -0.4 is 10.5 Å². The van der Waals surface area contributed by atoms with Gasteiger partial charge in [-0.3, -0.25) is 14.2 Å². The highest BCUT2D eigenvalue weighted by Gasteiger charge is 2.14. The Morgan fingerprint density at radius 3 is 2.67 bits per heavy atom. The Labute approximate surface area is 164 Å². The third-order valence-corrected chi connectivity index (χ3v) is 5.08. The zero-order chi connectivity index (χ0) is 19.0. The van der Waals surface area contributed by atoms with E-state index in [1.165, 1.54) is 10.9 Å². The van der Waals surface area contributed by atoms with E-state index in [-0.39, 0.29) is 18.0 Å². The Balaban J connectivity index is 1.63. The lowest BCUT2D eigenvalue weighted by Crippen LogP contribution is -2.34. The molecule has 0 atom stereocenters. The lowest BCUT2D eigenvalue weighted by Gasteiger charge is -2.18. The van der Waals surface area contributed by atoms with Gasteiger partial charge in [0.25, 0.3) is 5.56 Å². The highest BCUT2D eigenvalue weighted by Crippen LogP contribution is 2.21. The predicted octanol–water partition coefficient (Wildman–Crippen LogP) is 3.98. The Bertz CT molecular complexity index is 1230. The highest BCUT2D eigenvalue weighted by atomic mass is 79.9. The molecule has 1 amide bonds. The minimum Gasteiger partial charge on any atom is -0.314 e. The van der Waals surface area contributed by atoms with Crippen LogP contribution in [0.5, 0.6) is 0 Å². The molecule has 27 heavy (non-hydrogen) atoms. The summed E-state index contributed by atoms with van der Waals surface area (Å²) in [5, 5.41) is 2.65. The molecular formula is C21H16BrN3O2. The van der Waals surface area contributed by atoms with Gasteiger partial charge in [-0.15, -0.1) is 0 Å². The van der Waals surface area contributed by atoms with E-state index >= 15 is 0 Å². The molecule has 0 N–H and O–H groups in total. The van der Waals surface area contributed by atoms with Crippen molar-refractivity contribution in [3.05, 3.63) is 81.8 Å². The third-order valence-electron chi connectivity index (χ3n) is 4.59. The number of benzene rings is 3. The molecule has 134 valence electrons. The SMILES string of the molecule is CN(C(=O)Cn1cnc2ccc(Br)cc2c1=O)c1ccc2ccccc2c1. The van der Waals surface area contributed by atoms with Crippen LogP contribution in [-0.4, -0.2) is 22.5 Å². The van der Waals surface area contributed by atoms with Crippen LogP contribution >= 0.6 is 15.9 Å². The summed E-state index contributed by atoms with van der Waals surface area (Å²) in [7, 11) is 1.71. The number of hydrogen-bond donors (Lipinski definition) is 0. The zero-order valence-corrected chi connectivity index (χ0v) is 16.2. The number of carbonyl (C=O) groups is 1. The summed E-state index contributed by atoms with van der Waals surface area (Å²) in [6.45, 7) is -0.0718. The Morgan fingerprint density at radius 1 is 1.07 bits per heavy atom. The van der Waals surface area contributed by atoms with Crippen molar-refractivity contribution < 1.29 is 4.79 Å². The van der Waals surface area contributed by atoms with Crippen LogP contribution in [0.25, 0.3) is 21.7 Å². The molecule has 0 aliphatic rings. The van der Waals surface area contributed by atoms with E-state index in [0.717, 1.165) is 20.9 Å². The van der Waals surface area contributed by atoms with E-state index in [2.05, 4.69) is 20.9 Å². The van der Waals surface area contributed by atoms with Gasteiger partial charge in [0.15, 0.2) is 0 Å². The van der Waals surface area contributed by atoms with Crippen LogP contribution in [0.2, 0.25) is 0 Å². The van der Waals surface area contributed by atoms with Crippen molar-refractivity contribution in [1.29, 1.82) is 0 Å². The molecule has 0 unspecified atom stereocenters. The van der Waals surface area contributed by atoms with Gasteiger partial charge in [-0.2, -0.15) is 0 Å². The maximum Gasteiger partial charge on any atom is 0.261 e. The third kappa shape index (κ3) is 3.36. The first kappa shape index (κ1) is 17.4. The molecule has 1 aromatic heterocycles. The molecule has 0 saturated carbocycles. The number of likely N-dealkylation sites (N-methyl/N-ethyl adjacent to an activating group) is 1. The molecule has 4 rings (SSSR count). The average molecular weight is 422 g/mol. The Morgan fingerprint density at radius 2 is 1.85 bits per heavy atom. The van der Waals surface area contributed by atoms with Gasteiger partial charge in [-0.05, 0) is 41.1 Å². The number of amides is 1. The van der Waals surface area contributed by atoms with Gasteiger partial charge in [0.1, 0.15) is 6.54 Å². The van der Waals surface area contributed by atoms with Crippen molar-refractivity contribution in [2.45, 2.75) is 6.54 Å². The van der Waals surface area contributed by atoms with Gasteiger partial charge in [-0.1, -0.05) is 46.3 Å². The number of anilines is 1. The fourth-order valence-corrected chi connectivity index (χ4v) is 3.39. The number of halogens is 1. The van der Waals surface area contributed by atoms with Crippen LogP contribution in [0.15, 0.2) is 76.3 Å². The van der Waals surface area contributed by atoms with Crippen molar-refractivity contribution in [3.8, 4) is 0 Å². The molecule has 6 heteroatoms. The van der Waals surface area contributed by atoms with Crippen molar-refractivity contribution in [3.63, 3.8) is 0 Å². The quantitative estimate of drug-likeness (QED) is 0.502. The van der Waals surface area contributed by atoms with Crippen molar-refractivity contribution in [1.82, 2.24) is 9.55 Å². The minimum absolute atomic E-state index is 0.0718. The fourth-order valence-electron chi connectivity index (χ4n) is 3.02. The van der Waals surface area contributed by atoms with Gasteiger partial charge in [0, 0.05) is 17.2 Å². The molecule has 0 bridgehead atoms. The molecule has 0 spiro atoms. The molecule has 0 radical (unpaired) electrons. The van der Waals surface area contributed by atoms with Crippen molar-refractivity contribution in [2.24, 2.45) is 0 Å². The summed E-state index contributed by atoms with van der Waals surface area (Å²) >= 11 is 3.36. The summed E-state index contributed by atoms with van der Waals surface area (Å²) in [6, 6.07) is 19.2. The first-order valence-corrected chi connectivity index (χ1v) is 9.22. The maximum atomic E-state index is 12.7. The van der Waals surface area contributed by atoms with Crippen molar-refractivity contribution >= 4 is 49.2 Å². The first-order valence-electron chi connectivity index (χ1n) is 8.43. The number of rotatable bonds is 3. The van der Waals surface area contributed by atoms with Gasteiger partial charge in [-0.25, -0.2) is 4.98 Å². The zero-order valence-electron chi connectivity index (χ0n) is 14.6. The highest BCUT2D eigenvalue weighted by molar-refractivity contribution is 9.10. The fraction of sp³-hybridized carbons (Fsp3) is 0.0952. The average Bonchev–Trinajstić information content (AvgIpc) is 2.69. The molecule has 0 saturated heterocycles. The largest absolute Gasteiger partial charge is 0.314 e. The summed E-state index contributed by atoms with van der Waals surface area (Å²) in [5.41, 5.74) is 1.15. The molecule has 4 aromatic rings. The van der Waals surface area contributed by atoms with Crippen LogP contribution in [0.3, 0.4) is 0 Å². The Hall–Kier alpha value is -2.99. The number of fused-ring (bicyclic) bond motifs is 2. The standard InChI is InChI=1S/C21H16BrN3O2/c1-24(17-8-6-14-4-2-3-5-15(14)10-17)20(26)12-25-13-23-19-9-7-16(22)11-18(19)21(25)27/h2-11,13H,12H2,1H3. The van der Waals surface area contributed by atoms with Crippen LogP contribution in [0.1, 0.15) is 0 Å². The topological polar surface area (TPSA) is 55.2 Å². The second kappa shape index (κ2) is 6.96. The van der Waals surface area contributed by atoms with E-state index in [1.807, 2.05) is 48.5 Å². The van der Waals surface area contributed by atoms with Crippen LogP contribution in [0, 0.1) is 0 Å². The number of nitrogens with zero attached hydrogens (tertiary/aromatic N) is 3.